The van der Waals surface area contributed by atoms with Crippen LogP contribution in [-0.2, 0) is 23.3 Å². The smallest absolute Gasteiger partial charge is 0.256 e. The number of amides is 1. The first-order valence-corrected chi connectivity index (χ1v) is 11.1. The van der Waals surface area contributed by atoms with Crippen LogP contribution in [0.5, 0.6) is 5.75 Å². The summed E-state index contributed by atoms with van der Waals surface area (Å²) in [5.41, 5.74) is 3.66. The van der Waals surface area contributed by atoms with Crippen LogP contribution in [0.4, 0.5) is 5.69 Å². The molecule has 0 bridgehead atoms. The average Bonchev–Trinajstić information content (AvgIpc) is 3.02. The maximum absolute atomic E-state index is 14.1. The van der Waals surface area contributed by atoms with Gasteiger partial charge in [-0.15, -0.1) is 0 Å². The number of hydrogen-bond acceptors (Lipinski definition) is 3. The number of phenols is 1. The topological polar surface area (TPSA) is 52.6 Å². The molecule has 4 aromatic carbocycles. The third kappa shape index (κ3) is 2.77. The molecular formula is C27H21ClN2O2. The minimum atomic E-state index is -1.00. The Morgan fingerprint density at radius 1 is 0.938 bits per heavy atom. The summed E-state index contributed by atoms with van der Waals surface area (Å²) in [6.07, 6.45) is 0.749. The van der Waals surface area contributed by atoms with Crippen molar-refractivity contribution in [1.29, 1.82) is 0 Å². The number of anilines is 1. The quantitative estimate of drug-likeness (QED) is 0.454. The molecule has 1 amide bonds. The van der Waals surface area contributed by atoms with Gasteiger partial charge in [0.1, 0.15) is 5.75 Å². The number of halogens is 1. The number of fused-ring (bicyclic) bond motifs is 5. The highest BCUT2D eigenvalue weighted by Gasteiger charge is 2.54. The third-order valence-corrected chi connectivity index (χ3v) is 6.89. The Morgan fingerprint density at radius 2 is 1.78 bits per heavy atom. The van der Waals surface area contributed by atoms with E-state index >= 15 is 0 Å². The molecule has 2 aliphatic heterocycles. The first-order chi connectivity index (χ1) is 15.6. The van der Waals surface area contributed by atoms with Crippen LogP contribution in [0, 0.1) is 0 Å². The molecule has 0 saturated carbocycles. The molecular weight excluding hydrogens is 420 g/mol. The molecule has 4 nitrogen and oxygen atoms in total. The van der Waals surface area contributed by atoms with Crippen LogP contribution in [0.1, 0.15) is 22.3 Å². The van der Waals surface area contributed by atoms with Gasteiger partial charge in [0.15, 0.2) is 5.54 Å². The second-order valence-electron chi connectivity index (χ2n) is 8.50. The fourth-order valence-corrected chi connectivity index (χ4v) is 5.38. The van der Waals surface area contributed by atoms with Crippen molar-refractivity contribution in [2.24, 2.45) is 0 Å². The number of phenolic OH excluding ortho intramolecular Hbond substituents is 1. The summed E-state index contributed by atoms with van der Waals surface area (Å²) in [5, 5.41) is 16.5. The molecule has 1 atom stereocenters. The fourth-order valence-electron chi connectivity index (χ4n) is 5.21. The van der Waals surface area contributed by atoms with E-state index in [4.69, 9.17) is 11.6 Å². The molecule has 0 fully saturated rings. The molecule has 2 heterocycles. The van der Waals surface area contributed by atoms with Gasteiger partial charge in [0, 0.05) is 17.1 Å². The van der Waals surface area contributed by atoms with Gasteiger partial charge in [0.25, 0.3) is 5.91 Å². The van der Waals surface area contributed by atoms with Crippen molar-refractivity contribution in [3.63, 3.8) is 0 Å². The molecule has 2 aliphatic rings. The number of rotatable bonds is 2. The highest BCUT2D eigenvalue weighted by molar-refractivity contribution is 6.31. The van der Waals surface area contributed by atoms with Crippen LogP contribution in [0.15, 0.2) is 78.9 Å². The van der Waals surface area contributed by atoms with Gasteiger partial charge in [0.05, 0.1) is 12.2 Å². The summed E-state index contributed by atoms with van der Waals surface area (Å²) in [7, 11) is 0. The summed E-state index contributed by atoms with van der Waals surface area (Å²) in [6.45, 7) is 1.10. The van der Waals surface area contributed by atoms with Crippen LogP contribution >= 0.6 is 11.6 Å². The van der Waals surface area contributed by atoms with Gasteiger partial charge in [-0.2, -0.15) is 0 Å². The van der Waals surface area contributed by atoms with Crippen LogP contribution in [0.2, 0.25) is 5.02 Å². The predicted molar refractivity (Wildman–Crippen MR) is 127 cm³/mol. The van der Waals surface area contributed by atoms with E-state index in [9.17, 15) is 9.90 Å². The van der Waals surface area contributed by atoms with Crippen LogP contribution in [0.3, 0.4) is 0 Å². The molecule has 32 heavy (non-hydrogen) atoms. The lowest BCUT2D eigenvalue weighted by Gasteiger charge is -2.36. The molecule has 4 aromatic rings. The molecule has 6 rings (SSSR count). The van der Waals surface area contributed by atoms with Gasteiger partial charge in [-0.1, -0.05) is 54.1 Å². The van der Waals surface area contributed by atoms with Gasteiger partial charge in [-0.3, -0.25) is 10.1 Å². The first-order valence-electron chi connectivity index (χ1n) is 10.7. The van der Waals surface area contributed by atoms with E-state index in [0.29, 0.717) is 18.1 Å². The van der Waals surface area contributed by atoms with Crippen molar-refractivity contribution in [3.8, 4) is 5.75 Å². The Kier molecular flexibility index (Phi) is 4.29. The number of nitrogens with zero attached hydrogens (tertiary/aromatic N) is 1. The molecule has 0 radical (unpaired) electrons. The van der Waals surface area contributed by atoms with Gasteiger partial charge >= 0.3 is 0 Å². The number of aromatic hydroxyl groups is 1. The zero-order chi connectivity index (χ0) is 21.9. The minimum Gasteiger partial charge on any atom is -0.508 e. The van der Waals surface area contributed by atoms with E-state index in [1.807, 2.05) is 41.3 Å². The molecule has 1 unspecified atom stereocenters. The van der Waals surface area contributed by atoms with E-state index < -0.39 is 5.54 Å². The largest absolute Gasteiger partial charge is 0.508 e. The minimum absolute atomic E-state index is 0.0189. The van der Waals surface area contributed by atoms with E-state index in [0.717, 1.165) is 39.7 Å². The van der Waals surface area contributed by atoms with Crippen molar-refractivity contribution in [3.05, 3.63) is 106 Å². The molecule has 1 spiro atoms. The summed E-state index contributed by atoms with van der Waals surface area (Å²) in [4.78, 5) is 16.0. The highest BCUT2D eigenvalue weighted by Crippen LogP contribution is 2.48. The van der Waals surface area contributed by atoms with Crippen molar-refractivity contribution < 1.29 is 9.90 Å². The Balaban J connectivity index is 1.50. The van der Waals surface area contributed by atoms with Gasteiger partial charge in [0.2, 0.25) is 0 Å². The molecule has 0 aromatic heterocycles. The second kappa shape index (κ2) is 7.09. The number of benzene rings is 4. The zero-order valence-electron chi connectivity index (χ0n) is 17.3. The molecule has 0 aliphatic carbocycles. The Labute approximate surface area is 191 Å². The third-order valence-electron chi connectivity index (χ3n) is 6.65. The average molecular weight is 441 g/mol. The van der Waals surface area contributed by atoms with Crippen LogP contribution in [0.25, 0.3) is 10.8 Å². The molecule has 0 saturated heterocycles. The van der Waals surface area contributed by atoms with Crippen molar-refractivity contribution in [2.75, 3.05) is 11.4 Å². The molecule has 5 heteroatoms. The van der Waals surface area contributed by atoms with Crippen LogP contribution < -0.4 is 10.2 Å². The summed E-state index contributed by atoms with van der Waals surface area (Å²) < 4.78 is 0. The Morgan fingerprint density at radius 3 is 2.66 bits per heavy atom. The van der Waals surface area contributed by atoms with E-state index in [1.165, 1.54) is 5.39 Å². The van der Waals surface area contributed by atoms with Gasteiger partial charge < -0.3 is 10.0 Å². The predicted octanol–water partition coefficient (Wildman–Crippen LogP) is 5.13. The lowest BCUT2D eigenvalue weighted by Crippen LogP contribution is -2.54. The van der Waals surface area contributed by atoms with Crippen molar-refractivity contribution in [2.45, 2.75) is 18.5 Å². The normalized spacial score (nSPS) is 19.4. The number of hydrogen-bond donors (Lipinski definition) is 2. The Hall–Kier alpha value is -3.34. The van der Waals surface area contributed by atoms with E-state index in [-0.39, 0.29) is 11.7 Å². The SMILES string of the molecule is O=C1N(Cc2ccc3ccccc3c2)c2ccc(Cl)cc2C12NCCc1cc(O)ccc12. The summed E-state index contributed by atoms with van der Waals surface area (Å²) in [6, 6.07) is 25.5. The zero-order valence-corrected chi connectivity index (χ0v) is 18.1. The van der Waals surface area contributed by atoms with E-state index in [2.05, 4.69) is 35.6 Å². The van der Waals surface area contributed by atoms with Crippen LogP contribution in [-0.4, -0.2) is 17.6 Å². The maximum atomic E-state index is 14.1. The lowest BCUT2D eigenvalue weighted by molar-refractivity contribution is -0.123. The Bertz CT molecular complexity index is 1400. The summed E-state index contributed by atoms with van der Waals surface area (Å²) >= 11 is 6.40. The molecule has 2 N–H and O–H groups in total. The number of carbonyl (C=O) groups excluding carboxylic acids is 1. The maximum Gasteiger partial charge on any atom is 0.256 e. The van der Waals surface area contributed by atoms with Crippen molar-refractivity contribution in [1.82, 2.24) is 5.32 Å². The fraction of sp³-hybridized carbons (Fsp3) is 0.148. The van der Waals surface area contributed by atoms with E-state index in [1.54, 1.807) is 12.1 Å². The summed E-state index contributed by atoms with van der Waals surface area (Å²) in [5.74, 6) is 0.195. The van der Waals surface area contributed by atoms with Crippen molar-refractivity contribution >= 4 is 34.0 Å². The standard InChI is InChI=1S/C27H21ClN2O2/c28-21-7-10-25-24(15-21)27(23-9-8-22(31)14-20(23)11-12-29-27)26(32)30(25)16-17-5-6-18-3-1-2-4-19(18)13-17/h1-10,13-15,29,31H,11-12,16H2. The van der Waals surface area contributed by atoms with Gasteiger partial charge in [-0.25, -0.2) is 0 Å². The lowest BCUT2D eigenvalue weighted by atomic mass is 9.78. The highest BCUT2D eigenvalue weighted by atomic mass is 35.5. The number of carbonyl (C=O) groups is 1. The monoisotopic (exact) mass is 440 g/mol. The van der Waals surface area contributed by atoms with Gasteiger partial charge in [-0.05, 0) is 70.3 Å². The number of nitrogens with one attached hydrogen (secondary N) is 1. The molecule has 158 valence electrons. The first kappa shape index (κ1) is 19.4. The second-order valence-corrected chi connectivity index (χ2v) is 8.94.